The quantitative estimate of drug-likeness (QED) is 0.0853. The van der Waals surface area contributed by atoms with Crippen LogP contribution in [0.25, 0.3) is 0 Å². The first kappa shape index (κ1) is 49.5. The Balaban J connectivity index is 0.000000317. The Bertz CT molecular complexity index is 2790. The summed E-state index contributed by atoms with van der Waals surface area (Å²) in [6, 6.07) is 46.3. The fourth-order valence-electron chi connectivity index (χ4n) is 6.66. The Morgan fingerprint density at radius 3 is 0.956 bits per heavy atom. The third kappa shape index (κ3) is 13.3. The van der Waals surface area contributed by atoms with Crippen molar-refractivity contribution in [2.45, 2.75) is 44.7 Å². The lowest BCUT2D eigenvalue weighted by Crippen LogP contribution is -2.56. The summed E-state index contributed by atoms with van der Waals surface area (Å²) in [5.41, 5.74) is 0.367. The standard InChI is InChI=1S/C36H33N3O9.C17H18O3/c1-37-34(44)38(20-28(40)22-47-30-16-12-26(13-17-30)32(42)24-8-4-2-5-9-24)36(46)39(35(37)45)21-29(41)23-48-31-18-14-27(15-19-31)33(43)25-10-6-3-7-11-25;1-2-15(18)12-20-16-10-8-14(9-11-16)17(19)13-6-4-3-5-7-13/h2-19,28-29,40-41H,20-23H2,1H3;3-11,15,18H,2,12H2,1H3. The smallest absolute Gasteiger partial charge is 0.336 e. The summed E-state index contributed by atoms with van der Waals surface area (Å²) >= 11 is 0. The molecule has 15 nitrogen and oxygen atoms in total. The van der Waals surface area contributed by atoms with E-state index in [9.17, 15) is 44.1 Å². The van der Waals surface area contributed by atoms with E-state index in [1.165, 1.54) is 7.05 Å². The molecule has 0 radical (unpaired) electrons. The predicted molar refractivity (Wildman–Crippen MR) is 254 cm³/mol. The van der Waals surface area contributed by atoms with Gasteiger partial charge in [0.05, 0.1) is 19.2 Å². The summed E-state index contributed by atoms with van der Waals surface area (Å²) in [6.45, 7) is 0.589. The average molecular weight is 922 g/mol. The van der Waals surface area contributed by atoms with Crippen LogP contribution in [0.2, 0.25) is 0 Å². The number of benzene rings is 6. The first-order chi connectivity index (χ1) is 32.8. The fourth-order valence-corrected chi connectivity index (χ4v) is 6.66. The van der Waals surface area contributed by atoms with Crippen LogP contribution in [0.5, 0.6) is 17.2 Å². The summed E-state index contributed by atoms with van der Waals surface area (Å²) in [6.07, 6.45) is -2.44. The number of ether oxygens (including phenoxy) is 3. The van der Waals surface area contributed by atoms with Gasteiger partial charge in [-0.3, -0.25) is 14.4 Å². The Kier molecular flexibility index (Phi) is 17.4. The van der Waals surface area contributed by atoms with Crippen LogP contribution in [0.4, 0.5) is 0 Å². The van der Waals surface area contributed by atoms with Crippen molar-refractivity contribution in [3.05, 3.63) is 229 Å². The molecule has 0 spiro atoms. The molecule has 68 heavy (non-hydrogen) atoms. The van der Waals surface area contributed by atoms with Crippen molar-refractivity contribution in [2.24, 2.45) is 7.05 Å². The molecule has 0 saturated carbocycles. The lowest BCUT2D eigenvalue weighted by molar-refractivity contribution is 0.0817. The molecule has 0 aliphatic carbocycles. The third-order valence-electron chi connectivity index (χ3n) is 10.5. The molecule has 0 saturated heterocycles. The van der Waals surface area contributed by atoms with Crippen molar-refractivity contribution in [1.29, 1.82) is 0 Å². The summed E-state index contributed by atoms with van der Waals surface area (Å²) in [4.78, 5) is 76.1. The number of ketones is 3. The number of nitrogens with zero attached hydrogens (tertiary/aromatic N) is 3. The average Bonchev–Trinajstić information content (AvgIpc) is 3.39. The first-order valence-corrected chi connectivity index (χ1v) is 21.8. The number of carbonyl (C=O) groups excluding carboxylic acids is 3. The van der Waals surface area contributed by atoms with Crippen LogP contribution in [0.1, 0.15) is 61.1 Å². The van der Waals surface area contributed by atoms with Gasteiger partial charge >= 0.3 is 17.1 Å². The van der Waals surface area contributed by atoms with Crippen LogP contribution < -0.4 is 31.3 Å². The van der Waals surface area contributed by atoms with Crippen molar-refractivity contribution in [3.8, 4) is 17.2 Å². The zero-order valence-electron chi connectivity index (χ0n) is 37.4. The molecule has 0 amide bonds. The molecule has 15 heteroatoms. The summed E-state index contributed by atoms with van der Waals surface area (Å²) in [7, 11) is 1.18. The summed E-state index contributed by atoms with van der Waals surface area (Å²) in [5, 5.41) is 30.6. The highest BCUT2D eigenvalue weighted by molar-refractivity contribution is 6.10. The van der Waals surface area contributed by atoms with Crippen LogP contribution in [-0.2, 0) is 20.1 Å². The third-order valence-corrected chi connectivity index (χ3v) is 10.5. The van der Waals surface area contributed by atoms with E-state index in [1.54, 1.807) is 133 Å². The van der Waals surface area contributed by atoms with E-state index >= 15 is 0 Å². The molecule has 350 valence electrons. The Morgan fingerprint density at radius 1 is 0.412 bits per heavy atom. The fraction of sp³-hybridized carbons (Fsp3) is 0.208. The van der Waals surface area contributed by atoms with E-state index < -0.39 is 48.5 Å². The van der Waals surface area contributed by atoms with E-state index in [4.69, 9.17) is 14.2 Å². The van der Waals surface area contributed by atoms with Crippen LogP contribution >= 0.6 is 0 Å². The molecule has 7 rings (SSSR count). The maximum absolute atomic E-state index is 13.2. The number of aliphatic hydroxyl groups excluding tert-OH is 3. The number of carbonyl (C=O) groups is 3. The predicted octanol–water partition coefficient (Wildman–Crippen LogP) is 5.12. The highest BCUT2D eigenvalue weighted by Crippen LogP contribution is 2.19. The second-order valence-corrected chi connectivity index (χ2v) is 15.6. The molecule has 1 aromatic heterocycles. The molecule has 1 heterocycles. The monoisotopic (exact) mass is 921 g/mol. The molecule has 0 aliphatic heterocycles. The lowest BCUT2D eigenvalue weighted by Gasteiger charge is -2.17. The summed E-state index contributed by atoms with van der Waals surface area (Å²) in [5.74, 6) is 1.03. The molecule has 3 N–H and O–H groups in total. The molecular weight excluding hydrogens is 871 g/mol. The minimum atomic E-state index is -1.32. The molecule has 3 atom stereocenters. The van der Waals surface area contributed by atoms with Crippen LogP contribution in [0, 0.1) is 0 Å². The van der Waals surface area contributed by atoms with Crippen molar-refractivity contribution >= 4 is 17.3 Å². The molecule has 6 aromatic carbocycles. The van der Waals surface area contributed by atoms with Gasteiger partial charge in [-0.15, -0.1) is 0 Å². The largest absolute Gasteiger partial charge is 0.491 e. The van der Waals surface area contributed by atoms with E-state index in [0.29, 0.717) is 70.8 Å². The molecule has 7 aromatic rings. The normalized spacial score (nSPS) is 12.1. The van der Waals surface area contributed by atoms with Gasteiger partial charge in [-0.25, -0.2) is 28.1 Å². The first-order valence-electron chi connectivity index (χ1n) is 21.8. The Hall–Kier alpha value is -7.98. The van der Waals surface area contributed by atoms with Crippen molar-refractivity contribution < 1.29 is 43.9 Å². The lowest BCUT2D eigenvalue weighted by atomic mass is 10.0. The highest BCUT2D eigenvalue weighted by atomic mass is 16.5. The number of aromatic nitrogens is 3. The van der Waals surface area contributed by atoms with Gasteiger partial charge in [-0.05, 0) is 79.2 Å². The maximum atomic E-state index is 13.2. The SMILES string of the molecule is CCC(O)COc1ccc(C(=O)c2ccccc2)cc1.Cn1c(=O)n(CC(O)COc2ccc(C(=O)c3ccccc3)cc2)c(=O)n(CC(O)COc2ccc(C(=O)c3ccccc3)cc2)c1=O. The van der Waals surface area contributed by atoms with Gasteiger partial charge in [0, 0.05) is 40.4 Å². The van der Waals surface area contributed by atoms with Gasteiger partial charge in [0.1, 0.15) is 49.3 Å². The second kappa shape index (κ2) is 24.0. The minimum Gasteiger partial charge on any atom is -0.491 e. The van der Waals surface area contributed by atoms with E-state index in [1.807, 2.05) is 37.3 Å². The number of aliphatic hydroxyl groups is 3. The zero-order chi connectivity index (χ0) is 48.6. The van der Waals surface area contributed by atoms with Crippen molar-refractivity contribution in [3.63, 3.8) is 0 Å². The molecule has 3 unspecified atom stereocenters. The summed E-state index contributed by atoms with van der Waals surface area (Å²) < 4.78 is 18.7. The van der Waals surface area contributed by atoms with E-state index in [-0.39, 0.29) is 37.2 Å². The second-order valence-electron chi connectivity index (χ2n) is 15.6. The van der Waals surface area contributed by atoms with Gasteiger partial charge in [0.15, 0.2) is 17.3 Å². The van der Waals surface area contributed by atoms with E-state index in [2.05, 4.69) is 0 Å². The van der Waals surface area contributed by atoms with Gasteiger partial charge in [-0.2, -0.15) is 0 Å². The van der Waals surface area contributed by atoms with Crippen molar-refractivity contribution in [2.75, 3.05) is 19.8 Å². The van der Waals surface area contributed by atoms with Crippen molar-refractivity contribution in [1.82, 2.24) is 13.7 Å². The topological polar surface area (TPSA) is 206 Å². The molecule has 0 aliphatic rings. The van der Waals surface area contributed by atoms with Crippen LogP contribution in [0.15, 0.2) is 178 Å². The number of hydrogen-bond donors (Lipinski definition) is 3. The maximum Gasteiger partial charge on any atom is 0.336 e. The molecule has 0 bridgehead atoms. The van der Waals surface area contributed by atoms with Crippen LogP contribution in [-0.4, -0.2) is 84.5 Å². The molecular formula is C53H51N3O12. The zero-order valence-corrected chi connectivity index (χ0v) is 37.4. The van der Waals surface area contributed by atoms with Gasteiger partial charge in [-0.1, -0.05) is 97.9 Å². The van der Waals surface area contributed by atoms with Crippen LogP contribution in [0.3, 0.4) is 0 Å². The number of rotatable bonds is 20. The Morgan fingerprint density at radius 2 is 0.676 bits per heavy atom. The Labute approximate surface area is 391 Å². The highest BCUT2D eigenvalue weighted by Gasteiger charge is 2.20. The number of hydrogen-bond acceptors (Lipinski definition) is 12. The minimum absolute atomic E-state index is 0.00857. The van der Waals surface area contributed by atoms with Gasteiger partial charge in [0.2, 0.25) is 0 Å². The molecule has 0 fully saturated rings. The van der Waals surface area contributed by atoms with Gasteiger partial charge in [0.25, 0.3) is 0 Å². The van der Waals surface area contributed by atoms with Gasteiger partial charge < -0.3 is 29.5 Å². The van der Waals surface area contributed by atoms with E-state index in [0.717, 1.165) is 0 Å².